The summed E-state index contributed by atoms with van der Waals surface area (Å²) in [7, 11) is 0. The Morgan fingerprint density at radius 1 is 1.00 bits per heavy atom. The van der Waals surface area contributed by atoms with Crippen molar-refractivity contribution >= 4 is 23.5 Å². The number of carbonyl (C=O) groups excluding carboxylic acids is 3. The minimum Gasteiger partial charge on any atom is -0.346 e. The second-order valence-corrected chi connectivity index (χ2v) is 17.4. The summed E-state index contributed by atoms with van der Waals surface area (Å²) in [5.74, 6) is -0.738. The van der Waals surface area contributed by atoms with Gasteiger partial charge in [0.25, 0.3) is 5.91 Å². The summed E-state index contributed by atoms with van der Waals surface area (Å²) in [4.78, 5) is 45.8. The monoisotopic (exact) mass is 631 g/mol. The molecule has 6 rings (SSSR count). The van der Waals surface area contributed by atoms with Gasteiger partial charge in [-0.2, -0.15) is 5.26 Å². The fourth-order valence-electron chi connectivity index (χ4n) is 11.1. The number of rotatable bonds is 3. The molecule has 0 saturated heterocycles. The largest absolute Gasteiger partial charge is 0.346 e. The van der Waals surface area contributed by atoms with Crippen molar-refractivity contribution in [3.63, 3.8) is 0 Å². The van der Waals surface area contributed by atoms with Gasteiger partial charge in [0.05, 0.1) is 6.57 Å². The smallest absolute Gasteiger partial charge is 0.262 e. The zero-order chi connectivity index (χ0) is 34.4. The standard InChI is InChI=1S/C41H49N3O3/c1-25-10-12-26(13-11-25)20-27(24-42)35(47)44-41-18-16-36(2,3)22-28(41)33-30(45)21-32-38(6)23-29(43-9)34(46)37(4,5)31(38)14-15-39(32,7)40(33,8)17-19-41/h10-13,20-21,23,28,31,33H,14-19,22H2,1-8H3,(H,44,47)/b27-20+/t28-,31-,33-,38-,39+,40+,41-/m0/s1. The number of Topliss-reactive ketones (excluding diaryl/α,β-unsaturated/α-hetero) is 1. The summed E-state index contributed by atoms with van der Waals surface area (Å²) >= 11 is 0. The maximum Gasteiger partial charge on any atom is 0.262 e. The molecule has 1 N–H and O–H groups in total. The molecular formula is C41H49N3O3. The number of fused-ring (bicyclic) bond motifs is 7. The molecule has 47 heavy (non-hydrogen) atoms. The summed E-state index contributed by atoms with van der Waals surface area (Å²) in [6.07, 6.45) is 11.2. The molecule has 0 unspecified atom stereocenters. The fourth-order valence-corrected chi connectivity index (χ4v) is 11.1. The van der Waals surface area contributed by atoms with Gasteiger partial charge in [0.1, 0.15) is 11.6 Å². The van der Waals surface area contributed by atoms with Gasteiger partial charge in [-0.1, -0.05) is 89.9 Å². The van der Waals surface area contributed by atoms with E-state index in [1.807, 2.05) is 57.2 Å². The lowest BCUT2D eigenvalue weighted by atomic mass is 9.35. The molecule has 0 heterocycles. The van der Waals surface area contributed by atoms with Crippen LogP contribution >= 0.6 is 0 Å². The third-order valence-electron chi connectivity index (χ3n) is 14.0. The summed E-state index contributed by atoms with van der Waals surface area (Å²) in [6, 6.07) is 9.91. The first kappa shape index (κ1) is 33.1. The molecule has 7 atom stereocenters. The number of hydrogen-bond donors (Lipinski definition) is 1. The van der Waals surface area contributed by atoms with E-state index in [9.17, 15) is 19.6 Å². The average Bonchev–Trinajstić information content (AvgIpc) is 3.00. The van der Waals surface area contributed by atoms with E-state index in [0.717, 1.165) is 61.6 Å². The van der Waals surface area contributed by atoms with Gasteiger partial charge in [0, 0.05) is 22.3 Å². The van der Waals surface area contributed by atoms with Gasteiger partial charge in [-0.3, -0.25) is 9.59 Å². The molecule has 1 aromatic carbocycles. The Balaban J connectivity index is 1.43. The first-order valence-corrected chi connectivity index (χ1v) is 17.3. The SMILES string of the molecule is [C-]#[N+]C1=C[C@]2(C)C3=CC(=O)[C@@H]4[C@@H]5CC(C)(C)CC[C@]5(NC(=O)/C(C#N)=C/c5ccc(C)cc5)CC[C@@]4(C)[C@]3(C)CC[C@H]2C(C)(C)C1=O. The Hall–Kier alpha value is -3.77. The first-order valence-electron chi connectivity index (χ1n) is 17.3. The topological polar surface area (TPSA) is 91.4 Å². The Morgan fingerprint density at radius 3 is 2.30 bits per heavy atom. The number of nitrogens with zero attached hydrogens (tertiary/aromatic N) is 2. The number of nitriles is 1. The van der Waals surface area contributed by atoms with E-state index in [1.54, 1.807) is 6.08 Å². The van der Waals surface area contributed by atoms with E-state index in [0.29, 0.717) is 0 Å². The van der Waals surface area contributed by atoms with Crippen molar-refractivity contribution in [3.05, 3.63) is 75.8 Å². The van der Waals surface area contributed by atoms with Crippen LogP contribution in [-0.2, 0) is 14.4 Å². The highest BCUT2D eigenvalue weighted by Gasteiger charge is 2.70. The highest BCUT2D eigenvalue weighted by atomic mass is 16.2. The van der Waals surface area contributed by atoms with Crippen LogP contribution in [0.25, 0.3) is 10.9 Å². The van der Waals surface area contributed by atoms with Crippen molar-refractivity contribution in [2.24, 2.45) is 44.8 Å². The van der Waals surface area contributed by atoms with E-state index in [2.05, 4.69) is 50.8 Å². The number of amides is 1. The number of carbonyl (C=O) groups is 3. The van der Waals surface area contributed by atoms with Crippen LogP contribution in [0, 0.1) is 69.7 Å². The normalized spacial score (nSPS) is 38.6. The third-order valence-corrected chi connectivity index (χ3v) is 14.0. The molecule has 0 aromatic heterocycles. The minimum atomic E-state index is -0.698. The lowest BCUT2D eigenvalue weighted by molar-refractivity contribution is -0.163. The third kappa shape index (κ3) is 4.73. The molecule has 6 nitrogen and oxygen atoms in total. The molecule has 0 bridgehead atoms. The lowest BCUT2D eigenvalue weighted by Gasteiger charge is -2.69. The van der Waals surface area contributed by atoms with Crippen molar-refractivity contribution in [1.82, 2.24) is 5.32 Å². The molecule has 6 heteroatoms. The van der Waals surface area contributed by atoms with E-state index in [-0.39, 0.29) is 62.7 Å². The fraction of sp³-hybridized carbons (Fsp3) is 0.585. The second-order valence-electron chi connectivity index (χ2n) is 17.4. The molecule has 0 radical (unpaired) electrons. The Bertz CT molecular complexity index is 1750. The van der Waals surface area contributed by atoms with Crippen LogP contribution in [0.15, 0.2) is 53.3 Å². The van der Waals surface area contributed by atoms with Gasteiger partial charge >= 0.3 is 0 Å². The predicted octanol–water partition coefficient (Wildman–Crippen LogP) is 8.34. The van der Waals surface area contributed by atoms with Crippen LogP contribution < -0.4 is 5.32 Å². The Labute approximate surface area is 280 Å². The van der Waals surface area contributed by atoms with Crippen LogP contribution in [0.1, 0.15) is 105 Å². The first-order chi connectivity index (χ1) is 21.9. The van der Waals surface area contributed by atoms with Crippen LogP contribution in [0.3, 0.4) is 0 Å². The average molecular weight is 632 g/mol. The number of nitrogens with one attached hydrogen (secondary N) is 1. The molecule has 246 valence electrons. The number of allylic oxidation sites excluding steroid dienone is 4. The number of benzene rings is 1. The van der Waals surface area contributed by atoms with Gasteiger partial charge < -0.3 is 10.1 Å². The van der Waals surface area contributed by atoms with Gasteiger partial charge in [-0.15, -0.1) is 0 Å². The number of aryl methyl sites for hydroxylation is 1. The summed E-state index contributed by atoms with van der Waals surface area (Å²) in [5.41, 5.74) is 0.690. The molecule has 0 aliphatic heterocycles. The molecule has 5 aliphatic rings. The second kappa shape index (κ2) is 10.6. The van der Waals surface area contributed by atoms with Crippen LogP contribution in [-0.4, -0.2) is 23.0 Å². The minimum absolute atomic E-state index is 0.000535. The highest BCUT2D eigenvalue weighted by Crippen LogP contribution is 2.73. The van der Waals surface area contributed by atoms with Crippen LogP contribution in [0.5, 0.6) is 0 Å². The van der Waals surface area contributed by atoms with Gasteiger partial charge in [0.2, 0.25) is 5.70 Å². The van der Waals surface area contributed by atoms with E-state index >= 15 is 0 Å². The van der Waals surface area contributed by atoms with E-state index in [4.69, 9.17) is 6.57 Å². The van der Waals surface area contributed by atoms with Gasteiger partial charge in [-0.05, 0) is 97.7 Å². The molecule has 1 aromatic rings. The van der Waals surface area contributed by atoms with Gasteiger partial charge in [0.15, 0.2) is 11.6 Å². The van der Waals surface area contributed by atoms with Crippen LogP contribution in [0.2, 0.25) is 0 Å². The summed E-state index contributed by atoms with van der Waals surface area (Å²) in [6.45, 7) is 25.1. The van der Waals surface area contributed by atoms with Gasteiger partial charge in [-0.25, -0.2) is 4.85 Å². The molecule has 3 fully saturated rings. The maximum absolute atomic E-state index is 14.8. The quantitative estimate of drug-likeness (QED) is 0.206. The molecule has 0 spiro atoms. The van der Waals surface area contributed by atoms with Crippen molar-refractivity contribution in [3.8, 4) is 6.07 Å². The number of hydrogen-bond acceptors (Lipinski definition) is 4. The molecule has 5 aliphatic carbocycles. The maximum atomic E-state index is 14.8. The summed E-state index contributed by atoms with van der Waals surface area (Å²) in [5, 5.41) is 13.5. The summed E-state index contributed by atoms with van der Waals surface area (Å²) < 4.78 is 0. The van der Waals surface area contributed by atoms with Crippen molar-refractivity contribution in [1.29, 1.82) is 5.26 Å². The van der Waals surface area contributed by atoms with Crippen molar-refractivity contribution < 1.29 is 14.4 Å². The molecule has 1 amide bonds. The molecule has 3 saturated carbocycles. The van der Waals surface area contributed by atoms with Crippen LogP contribution in [0.4, 0.5) is 0 Å². The predicted molar refractivity (Wildman–Crippen MR) is 183 cm³/mol. The zero-order valence-electron chi connectivity index (χ0n) is 29.3. The van der Waals surface area contributed by atoms with E-state index < -0.39 is 16.4 Å². The molecular weight excluding hydrogens is 582 g/mol. The Morgan fingerprint density at radius 2 is 1.66 bits per heavy atom. The van der Waals surface area contributed by atoms with Crippen molar-refractivity contribution in [2.75, 3.05) is 0 Å². The van der Waals surface area contributed by atoms with Crippen molar-refractivity contribution in [2.45, 2.75) is 106 Å². The van der Waals surface area contributed by atoms with E-state index in [1.165, 1.54) is 0 Å². The zero-order valence-corrected chi connectivity index (χ0v) is 29.3. The highest BCUT2D eigenvalue weighted by molar-refractivity contribution is 6.03. The Kier molecular flexibility index (Phi) is 7.49. The lowest BCUT2D eigenvalue weighted by Crippen LogP contribution is -2.69. The number of ketones is 2.